The highest BCUT2D eigenvalue weighted by Gasteiger charge is 2.27. The van der Waals surface area contributed by atoms with Gasteiger partial charge in [-0.1, -0.05) is 23.5 Å². The number of hydrogen-bond donors (Lipinski definition) is 1. The zero-order valence-electron chi connectivity index (χ0n) is 13.2. The van der Waals surface area contributed by atoms with E-state index in [2.05, 4.69) is 46.6 Å². The number of methoxy groups -OCH3 is 1. The summed E-state index contributed by atoms with van der Waals surface area (Å²) in [5.41, 5.74) is 1.25. The van der Waals surface area contributed by atoms with Crippen molar-refractivity contribution in [1.82, 2.24) is 15.1 Å². The average Bonchev–Trinajstić information content (AvgIpc) is 3.27. The molecule has 1 aliphatic carbocycles. The number of anilines is 1. The van der Waals surface area contributed by atoms with E-state index >= 15 is 0 Å². The number of nitrogens with one attached hydrogen (secondary N) is 1. The van der Waals surface area contributed by atoms with Gasteiger partial charge in [-0.3, -0.25) is 0 Å². The molecule has 1 unspecified atom stereocenters. The summed E-state index contributed by atoms with van der Waals surface area (Å²) in [6, 6.07) is 8.50. The van der Waals surface area contributed by atoms with Gasteiger partial charge in [0, 0.05) is 12.5 Å². The fourth-order valence-corrected chi connectivity index (χ4v) is 3.33. The van der Waals surface area contributed by atoms with Crippen molar-refractivity contribution in [1.29, 1.82) is 0 Å². The molecule has 3 rings (SSSR count). The fraction of sp³-hybridized carbons (Fsp3) is 0.500. The fourth-order valence-electron chi connectivity index (χ4n) is 2.41. The van der Waals surface area contributed by atoms with E-state index in [1.54, 1.807) is 18.4 Å². The summed E-state index contributed by atoms with van der Waals surface area (Å²) < 4.78 is 5.22. The summed E-state index contributed by atoms with van der Waals surface area (Å²) in [4.78, 5) is 2.21. The van der Waals surface area contributed by atoms with Crippen LogP contribution in [0.25, 0.3) is 0 Å². The Morgan fingerprint density at radius 2 is 2.00 bits per heavy atom. The minimum atomic E-state index is 0.277. The van der Waals surface area contributed by atoms with Crippen LogP contribution in [0.3, 0.4) is 0 Å². The van der Waals surface area contributed by atoms with Crippen molar-refractivity contribution in [2.75, 3.05) is 33.1 Å². The van der Waals surface area contributed by atoms with Crippen LogP contribution in [0.2, 0.25) is 0 Å². The molecule has 2 aromatic rings. The zero-order chi connectivity index (χ0) is 15.5. The molecule has 118 valence electrons. The maximum atomic E-state index is 5.22. The molecule has 0 bridgehead atoms. The molecule has 22 heavy (non-hydrogen) atoms. The molecular weight excluding hydrogens is 296 g/mol. The van der Waals surface area contributed by atoms with Gasteiger partial charge < -0.3 is 15.0 Å². The molecule has 0 saturated heterocycles. The van der Waals surface area contributed by atoms with Crippen LogP contribution in [-0.4, -0.2) is 42.8 Å². The quantitative estimate of drug-likeness (QED) is 0.850. The van der Waals surface area contributed by atoms with Gasteiger partial charge in [0.05, 0.1) is 13.2 Å². The highest BCUT2D eigenvalue weighted by Crippen LogP contribution is 2.42. The third kappa shape index (κ3) is 3.56. The molecule has 0 aliphatic heterocycles. The lowest BCUT2D eigenvalue weighted by Gasteiger charge is -2.25. The molecule has 0 radical (unpaired) electrons. The molecule has 1 heterocycles. The van der Waals surface area contributed by atoms with Crippen molar-refractivity contribution in [2.45, 2.75) is 24.8 Å². The number of nitrogens with zero attached hydrogens (tertiary/aromatic N) is 3. The topological polar surface area (TPSA) is 50.3 Å². The van der Waals surface area contributed by atoms with Crippen LogP contribution in [0.1, 0.15) is 35.4 Å². The Balaban J connectivity index is 1.65. The predicted molar refractivity (Wildman–Crippen MR) is 89.8 cm³/mol. The minimum Gasteiger partial charge on any atom is -0.497 e. The van der Waals surface area contributed by atoms with Crippen molar-refractivity contribution in [3.8, 4) is 5.75 Å². The number of aromatic nitrogens is 2. The van der Waals surface area contributed by atoms with E-state index in [0.29, 0.717) is 5.92 Å². The van der Waals surface area contributed by atoms with E-state index in [1.165, 1.54) is 23.4 Å². The summed E-state index contributed by atoms with van der Waals surface area (Å²) in [5.74, 6) is 1.55. The van der Waals surface area contributed by atoms with Gasteiger partial charge in [0.15, 0.2) is 0 Å². The molecule has 1 saturated carbocycles. The third-order valence-corrected chi connectivity index (χ3v) is 4.98. The van der Waals surface area contributed by atoms with Gasteiger partial charge in [0.1, 0.15) is 10.8 Å². The first kappa shape index (κ1) is 15.2. The van der Waals surface area contributed by atoms with Gasteiger partial charge in [-0.25, -0.2) is 0 Å². The van der Waals surface area contributed by atoms with Gasteiger partial charge in [0.2, 0.25) is 5.13 Å². The number of ether oxygens (including phenoxy) is 1. The molecule has 1 fully saturated rings. The lowest BCUT2D eigenvalue weighted by molar-refractivity contribution is 0.311. The maximum absolute atomic E-state index is 5.22. The molecule has 1 N–H and O–H groups in total. The lowest BCUT2D eigenvalue weighted by atomic mass is 10.1. The third-order valence-electron chi connectivity index (χ3n) is 3.94. The summed E-state index contributed by atoms with van der Waals surface area (Å²) in [5, 5.41) is 14.0. The van der Waals surface area contributed by atoms with Crippen LogP contribution in [0.5, 0.6) is 5.75 Å². The molecule has 0 amide bonds. The summed E-state index contributed by atoms with van der Waals surface area (Å²) >= 11 is 1.69. The Labute approximate surface area is 135 Å². The van der Waals surface area contributed by atoms with Gasteiger partial charge in [-0.05, 0) is 44.6 Å². The van der Waals surface area contributed by atoms with E-state index in [1.807, 2.05) is 12.1 Å². The lowest BCUT2D eigenvalue weighted by Crippen LogP contribution is -2.26. The smallest absolute Gasteiger partial charge is 0.205 e. The first-order valence-electron chi connectivity index (χ1n) is 7.55. The van der Waals surface area contributed by atoms with Crippen LogP contribution >= 0.6 is 11.3 Å². The maximum Gasteiger partial charge on any atom is 0.205 e. The highest BCUT2D eigenvalue weighted by molar-refractivity contribution is 7.15. The van der Waals surface area contributed by atoms with Crippen molar-refractivity contribution < 1.29 is 4.74 Å². The van der Waals surface area contributed by atoms with Crippen LogP contribution in [-0.2, 0) is 0 Å². The van der Waals surface area contributed by atoms with Gasteiger partial charge in [-0.15, -0.1) is 10.2 Å². The van der Waals surface area contributed by atoms with Crippen LogP contribution < -0.4 is 10.1 Å². The zero-order valence-corrected chi connectivity index (χ0v) is 14.1. The second-order valence-corrected chi connectivity index (χ2v) is 6.86. The van der Waals surface area contributed by atoms with E-state index < -0.39 is 0 Å². The first-order chi connectivity index (χ1) is 10.7. The molecule has 1 aromatic carbocycles. The second-order valence-electron chi connectivity index (χ2n) is 5.85. The van der Waals surface area contributed by atoms with Gasteiger partial charge in [0.25, 0.3) is 0 Å². The molecule has 1 aromatic heterocycles. The van der Waals surface area contributed by atoms with Crippen molar-refractivity contribution in [3.05, 3.63) is 34.8 Å². The molecule has 1 aliphatic rings. The van der Waals surface area contributed by atoms with Gasteiger partial charge >= 0.3 is 0 Å². The van der Waals surface area contributed by atoms with E-state index in [4.69, 9.17) is 4.74 Å². The van der Waals surface area contributed by atoms with Crippen LogP contribution in [0, 0.1) is 0 Å². The summed E-state index contributed by atoms with van der Waals surface area (Å²) in [7, 11) is 5.87. The number of likely N-dealkylation sites (N-methyl/N-ethyl adjacent to an activating group) is 1. The number of rotatable bonds is 7. The van der Waals surface area contributed by atoms with Gasteiger partial charge in [-0.2, -0.15) is 0 Å². The highest BCUT2D eigenvalue weighted by atomic mass is 32.1. The van der Waals surface area contributed by atoms with Crippen molar-refractivity contribution >= 4 is 16.5 Å². The minimum absolute atomic E-state index is 0.277. The van der Waals surface area contributed by atoms with Crippen LogP contribution in [0.4, 0.5) is 5.13 Å². The van der Waals surface area contributed by atoms with Crippen molar-refractivity contribution in [3.63, 3.8) is 0 Å². The molecule has 1 atom stereocenters. The monoisotopic (exact) mass is 318 g/mol. The summed E-state index contributed by atoms with van der Waals surface area (Å²) in [6.07, 6.45) is 2.53. The molecule has 5 nitrogen and oxygen atoms in total. The number of benzene rings is 1. The molecule has 0 spiro atoms. The van der Waals surface area contributed by atoms with E-state index in [-0.39, 0.29) is 6.04 Å². The first-order valence-corrected chi connectivity index (χ1v) is 8.36. The SMILES string of the molecule is COc1ccc(C(CNc2nnc(C3CC3)s2)N(C)C)cc1. The second kappa shape index (κ2) is 6.62. The molecular formula is C16H22N4OS. The Morgan fingerprint density at radius 3 is 2.59 bits per heavy atom. The van der Waals surface area contributed by atoms with Crippen LogP contribution in [0.15, 0.2) is 24.3 Å². The Bertz CT molecular complexity index is 607. The Kier molecular flexibility index (Phi) is 4.59. The Hall–Kier alpha value is -1.66. The normalized spacial score (nSPS) is 15.8. The number of hydrogen-bond acceptors (Lipinski definition) is 6. The van der Waals surface area contributed by atoms with Crippen molar-refractivity contribution in [2.24, 2.45) is 0 Å². The predicted octanol–water partition coefficient (Wildman–Crippen LogP) is 3.14. The average molecular weight is 318 g/mol. The van der Waals surface area contributed by atoms with E-state index in [0.717, 1.165) is 17.4 Å². The summed E-state index contributed by atoms with van der Waals surface area (Å²) in [6.45, 7) is 0.804. The standard InChI is InChI=1S/C16H22N4OS/c1-20(2)14(11-6-8-13(21-3)9-7-11)10-17-16-19-18-15(22-16)12-4-5-12/h6-9,12,14H,4-5,10H2,1-3H3,(H,17,19). The Morgan fingerprint density at radius 1 is 1.27 bits per heavy atom. The van der Waals surface area contributed by atoms with E-state index in [9.17, 15) is 0 Å². The molecule has 6 heteroatoms. The largest absolute Gasteiger partial charge is 0.497 e.